The van der Waals surface area contributed by atoms with Crippen LogP contribution in [0.15, 0.2) is 18.2 Å². The van der Waals surface area contributed by atoms with Gasteiger partial charge in [0.05, 0.1) is 11.2 Å². The molecule has 0 radical (unpaired) electrons. The second kappa shape index (κ2) is 3.44. The number of nitrogens with zero attached hydrogens (tertiary/aromatic N) is 1. The number of carbonyl (C=O) groups excluding carboxylic acids is 1. The molecule has 16 heavy (non-hydrogen) atoms. The Bertz CT molecular complexity index is 547. The fourth-order valence-corrected chi connectivity index (χ4v) is 1.72. The molecular weight excluding hydrogens is 200 g/mol. The number of aromatic amines is 1. The molecule has 0 saturated carbocycles. The summed E-state index contributed by atoms with van der Waals surface area (Å²) in [4.78, 5) is 12.1. The van der Waals surface area contributed by atoms with Gasteiger partial charge in [0.25, 0.3) is 0 Å². The van der Waals surface area contributed by atoms with E-state index in [1.165, 1.54) is 0 Å². The first-order chi connectivity index (χ1) is 7.39. The molecule has 2 aromatic rings. The zero-order valence-electron chi connectivity index (χ0n) is 10.1. The van der Waals surface area contributed by atoms with Crippen molar-refractivity contribution in [2.24, 2.45) is 5.41 Å². The highest BCUT2D eigenvalue weighted by atomic mass is 16.1. The molecule has 1 aromatic heterocycles. The van der Waals surface area contributed by atoms with Crippen LogP contribution in [0, 0.1) is 12.3 Å². The molecule has 1 heterocycles. The Balaban J connectivity index is 2.55. The van der Waals surface area contributed by atoms with Crippen LogP contribution in [0.2, 0.25) is 0 Å². The van der Waals surface area contributed by atoms with Crippen LogP contribution in [0.25, 0.3) is 10.9 Å². The Labute approximate surface area is 94.9 Å². The van der Waals surface area contributed by atoms with Gasteiger partial charge >= 0.3 is 0 Å². The second-order valence-corrected chi connectivity index (χ2v) is 5.15. The third-order valence-electron chi connectivity index (χ3n) is 2.70. The van der Waals surface area contributed by atoms with E-state index in [0.717, 1.165) is 22.2 Å². The summed E-state index contributed by atoms with van der Waals surface area (Å²) in [5, 5.41) is 8.08. The van der Waals surface area contributed by atoms with Gasteiger partial charge in [-0.05, 0) is 25.1 Å². The summed E-state index contributed by atoms with van der Waals surface area (Å²) in [7, 11) is 0. The minimum Gasteiger partial charge on any atom is -0.294 e. The number of nitrogens with one attached hydrogen (secondary N) is 1. The van der Waals surface area contributed by atoms with Crippen LogP contribution >= 0.6 is 0 Å². The summed E-state index contributed by atoms with van der Waals surface area (Å²) in [5.41, 5.74) is 2.32. The van der Waals surface area contributed by atoms with E-state index in [4.69, 9.17) is 0 Å². The number of carbonyl (C=O) groups is 1. The highest BCUT2D eigenvalue weighted by Gasteiger charge is 2.23. The zero-order chi connectivity index (χ0) is 11.9. The summed E-state index contributed by atoms with van der Waals surface area (Å²) in [6.45, 7) is 7.73. The summed E-state index contributed by atoms with van der Waals surface area (Å²) in [6, 6.07) is 5.68. The van der Waals surface area contributed by atoms with E-state index in [1.54, 1.807) is 0 Å². The average Bonchev–Trinajstić information content (AvgIpc) is 2.58. The van der Waals surface area contributed by atoms with Gasteiger partial charge in [0.1, 0.15) is 0 Å². The molecule has 1 N–H and O–H groups in total. The standard InChI is InChI=1S/C13H16N2O/c1-8-10-7-9(12(16)13(2,3)4)5-6-11(10)15-14-8/h5-7H,1-4H3,(H,14,15). The Kier molecular flexibility index (Phi) is 2.34. The van der Waals surface area contributed by atoms with Gasteiger partial charge in [-0.25, -0.2) is 0 Å². The van der Waals surface area contributed by atoms with E-state index >= 15 is 0 Å². The molecule has 2 rings (SSSR count). The quantitative estimate of drug-likeness (QED) is 0.744. The molecule has 1 aromatic carbocycles. The molecule has 0 atom stereocenters. The monoisotopic (exact) mass is 216 g/mol. The van der Waals surface area contributed by atoms with Crippen molar-refractivity contribution < 1.29 is 4.79 Å². The Morgan fingerprint density at radius 2 is 2.00 bits per heavy atom. The number of H-pyrrole nitrogens is 1. The maximum atomic E-state index is 12.1. The lowest BCUT2D eigenvalue weighted by Gasteiger charge is -2.16. The predicted octanol–water partition coefficient (Wildman–Crippen LogP) is 3.10. The molecule has 0 fully saturated rings. The van der Waals surface area contributed by atoms with Gasteiger partial charge in [0, 0.05) is 16.4 Å². The van der Waals surface area contributed by atoms with Crippen molar-refractivity contribution in [1.82, 2.24) is 10.2 Å². The smallest absolute Gasteiger partial charge is 0.168 e. The Morgan fingerprint density at radius 3 is 2.62 bits per heavy atom. The molecule has 0 aliphatic rings. The fourth-order valence-electron chi connectivity index (χ4n) is 1.72. The highest BCUT2D eigenvalue weighted by Crippen LogP contribution is 2.24. The lowest BCUT2D eigenvalue weighted by molar-refractivity contribution is 0.0858. The number of fused-ring (bicyclic) bond motifs is 1. The molecule has 0 aliphatic carbocycles. The van der Waals surface area contributed by atoms with Crippen molar-refractivity contribution in [3.63, 3.8) is 0 Å². The zero-order valence-corrected chi connectivity index (χ0v) is 10.1. The first kappa shape index (κ1) is 10.9. The van der Waals surface area contributed by atoms with Gasteiger partial charge in [0.2, 0.25) is 0 Å². The number of rotatable bonds is 1. The molecule has 0 unspecified atom stereocenters. The van der Waals surface area contributed by atoms with Gasteiger partial charge < -0.3 is 0 Å². The van der Waals surface area contributed by atoms with Crippen LogP contribution < -0.4 is 0 Å². The number of ketones is 1. The lowest BCUT2D eigenvalue weighted by atomic mass is 9.86. The highest BCUT2D eigenvalue weighted by molar-refractivity contribution is 6.02. The van der Waals surface area contributed by atoms with Crippen molar-refractivity contribution in [2.45, 2.75) is 27.7 Å². The van der Waals surface area contributed by atoms with Crippen LogP contribution in [0.3, 0.4) is 0 Å². The fraction of sp³-hybridized carbons (Fsp3) is 0.385. The van der Waals surface area contributed by atoms with Gasteiger partial charge in [0.15, 0.2) is 5.78 Å². The molecule has 3 heteroatoms. The Hall–Kier alpha value is -1.64. The number of aryl methyl sites for hydroxylation is 1. The minimum atomic E-state index is -0.342. The van der Waals surface area contributed by atoms with Crippen molar-refractivity contribution >= 4 is 16.7 Å². The summed E-state index contributed by atoms with van der Waals surface area (Å²) in [6.07, 6.45) is 0. The van der Waals surface area contributed by atoms with Crippen LogP contribution in [-0.2, 0) is 0 Å². The van der Waals surface area contributed by atoms with Crippen LogP contribution in [0.4, 0.5) is 0 Å². The first-order valence-corrected chi connectivity index (χ1v) is 5.39. The molecule has 0 saturated heterocycles. The van der Waals surface area contributed by atoms with Crippen molar-refractivity contribution in [3.05, 3.63) is 29.5 Å². The van der Waals surface area contributed by atoms with E-state index in [0.29, 0.717) is 0 Å². The van der Waals surface area contributed by atoms with E-state index in [2.05, 4.69) is 10.2 Å². The Morgan fingerprint density at radius 1 is 1.31 bits per heavy atom. The average molecular weight is 216 g/mol. The van der Waals surface area contributed by atoms with Gasteiger partial charge in [-0.15, -0.1) is 0 Å². The van der Waals surface area contributed by atoms with Crippen molar-refractivity contribution in [3.8, 4) is 0 Å². The maximum absolute atomic E-state index is 12.1. The van der Waals surface area contributed by atoms with Crippen LogP contribution in [0.1, 0.15) is 36.8 Å². The normalized spacial score (nSPS) is 12.0. The van der Waals surface area contributed by atoms with E-state index in [1.807, 2.05) is 45.9 Å². The number of aromatic nitrogens is 2. The number of hydrogen-bond acceptors (Lipinski definition) is 2. The van der Waals surface area contributed by atoms with E-state index in [-0.39, 0.29) is 11.2 Å². The molecule has 0 spiro atoms. The number of benzene rings is 1. The maximum Gasteiger partial charge on any atom is 0.168 e. The van der Waals surface area contributed by atoms with Gasteiger partial charge in [-0.3, -0.25) is 9.89 Å². The molecule has 0 amide bonds. The largest absolute Gasteiger partial charge is 0.294 e. The first-order valence-electron chi connectivity index (χ1n) is 5.39. The molecule has 3 nitrogen and oxygen atoms in total. The minimum absolute atomic E-state index is 0.162. The molecule has 0 bridgehead atoms. The van der Waals surface area contributed by atoms with E-state index < -0.39 is 0 Å². The molecular formula is C13H16N2O. The number of Topliss-reactive ketones (excluding diaryl/α,β-unsaturated/α-hetero) is 1. The summed E-state index contributed by atoms with van der Waals surface area (Å²) >= 11 is 0. The number of hydrogen-bond donors (Lipinski definition) is 1. The van der Waals surface area contributed by atoms with Crippen molar-refractivity contribution in [2.75, 3.05) is 0 Å². The van der Waals surface area contributed by atoms with Gasteiger partial charge in [-0.2, -0.15) is 5.10 Å². The molecule has 84 valence electrons. The second-order valence-electron chi connectivity index (χ2n) is 5.15. The topological polar surface area (TPSA) is 45.8 Å². The van der Waals surface area contributed by atoms with Gasteiger partial charge in [-0.1, -0.05) is 20.8 Å². The third-order valence-corrected chi connectivity index (χ3v) is 2.70. The van der Waals surface area contributed by atoms with Crippen molar-refractivity contribution in [1.29, 1.82) is 0 Å². The summed E-state index contributed by atoms with van der Waals surface area (Å²) < 4.78 is 0. The lowest BCUT2D eigenvalue weighted by Crippen LogP contribution is -2.19. The van der Waals surface area contributed by atoms with Crippen LogP contribution in [0.5, 0.6) is 0 Å². The third kappa shape index (κ3) is 1.73. The SMILES string of the molecule is Cc1n[nH]c2ccc(C(=O)C(C)(C)C)cc12. The molecule has 0 aliphatic heterocycles. The predicted molar refractivity (Wildman–Crippen MR) is 64.6 cm³/mol. The van der Waals surface area contributed by atoms with Crippen LogP contribution in [-0.4, -0.2) is 16.0 Å². The summed E-state index contributed by atoms with van der Waals surface area (Å²) in [5.74, 6) is 0.162. The van der Waals surface area contributed by atoms with E-state index in [9.17, 15) is 4.79 Å².